The maximum atomic E-state index is 5.28. The average Bonchev–Trinajstić information content (AvgIpc) is 3.43. The van der Waals surface area contributed by atoms with E-state index in [0.29, 0.717) is 0 Å². The summed E-state index contributed by atoms with van der Waals surface area (Å²) >= 11 is 4.89. The van der Waals surface area contributed by atoms with Gasteiger partial charge in [0.2, 0.25) is 0 Å². The number of ether oxygens (including phenoxy) is 1. The van der Waals surface area contributed by atoms with Crippen LogP contribution in [0.4, 0.5) is 0 Å². The molecular weight excluding hydrogens is 434 g/mol. The maximum Gasteiger partial charge on any atom is 0.191 e. The Morgan fingerprint density at radius 2 is 1.77 bits per heavy atom. The lowest BCUT2D eigenvalue weighted by Crippen LogP contribution is -2.05. The number of hydrogen-bond acceptors (Lipinski definition) is 8. The Bertz CT molecular complexity index is 1080. The summed E-state index contributed by atoms with van der Waals surface area (Å²) < 4.78 is 8.46. The van der Waals surface area contributed by atoms with E-state index < -0.39 is 0 Å². The van der Waals surface area contributed by atoms with Crippen molar-refractivity contribution < 1.29 is 4.74 Å². The molecule has 0 bridgehead atoms. The lowest BCUT2D eigenvalue weighted by molar-refractivity contribution is 0.415. The van der Waals surface area contributed by atoms with Crippen LogP contribution in [-0.2, 0) is 18.7 Å². The van der Waals surface area contributed by atoms with E-state index in [2.05, 4.69) is 49.2 Å². The number of benzene rings is 2. The third-order valence-electron chi connectivity index (χ3n) is 4.48. The van der Waals surface area contributed by atoms with Crippen LogP contribution in [0.1, 0.15) is 10.6 Å². The van der Waals surface area contributed by atoms with Gasteiger partial charge in [-0.05, 0) is 42.5 Å². The third kappa shape index (κ3) is 5.03. The van der Waals surface area contributed by atoms with Gasteiger partial charge in [-0.3, -0.25) is 0 Å². The first-order chi connectivity index (χ1) is 14.8. The Morgan fingerprint density at radius 3 is 2.47 bits per heavy atom. The van der Waals surface area contributed by atoms with E-state index in [9.17, 15) is 0 Å². The molecule has 2 aromatic heterocycles. The summed E-state index contributed by atoms with van der Waals surface area (Å²) in [5.41, 5.74) is 2.31. The number of nitrogens with zero attached hydrogens (tertiary/aromatic N) is 5. The van der Waals surface area contributed by atoms with Crippen LogP contribution in [0.15, 0.2) is 64.1 Å². The molecule has 9 heteroatoms. The molecule has 4 aromatic rings. The fourth-order valence-electron chi connectivity index (χ4n) is 2.94. The number of aryl methyl sites for hydroxylation is 1. The van der Waals surface area contributed by atoms with E-state index in [0.717, 1.165) is 50.4 Å². The summed E-state index contributed by atoms with van der Waals surface area (Å²) in [6.45, 7) is 0.799. The minimum Gasteiger partial charge on any atom is -0.497 e. The predicted molar refractivity (Wildman–Crippen MR) is 123 cm³/mol. The number of methoxy groups -OCH3 is 1. The summed E-state index contributed by atoms with van der Waals surface area (Å²) in [7, 11) is 1.67. The monoisotopic (exact) mass is 455 g/mol. The van der Waals surface area contributed by atoms with E-state index in [1.54, 1.807) is 42.0 Å². The Labute approximate surface area is 188 Å². The second kappa shape index (κ2) is 10.1. The molecule has 2 aromatic carbocycles. The van der Waals surface area contributed by atoms with Crippen LogP contribution < -0.4 is 4.74 Å². The van der Waals surface area contributed by atoms with Gasteiger partial charge in [-0.15, -0.1) is 20.4 Å². The first kappa shape index (κ1) is 20.9. The largest absolute Gasteiger partial charge is 0.497 e. The SMILES string of the molecule is COc1ccc(-c2nnc(SCc3nnc(SC)s3)n2CCc2ccccc2)cc1. The topological polar surface area (TPSA) is 65.7 Å². The average molecular weight is 456 g/mol. The zero-order valence-electron chi connectivity index (χ0n) is 16.7. The van der Waals surface area contributed by atoms with Gasteiger partial charge in [-0.25, -0.2) is 0 Å². The molecule has 0 unspecified atom stereocenters. The summed E-state index contributed by atoms with van der Waals surface area (Å²) in [5.74, 6) is 2.41. The standard InChI is InChI=1S/C21H21N5OS3/c1-27-17-10-8-16(9-11-17)19-23-24-20(29-14-18-22-25-21(28-2)30-18)26(19)13-12-15-6-4-3-5-7-15/h3-11H,12-14H2,1-2H3. The highest BCUT2D eigenvalue weighted by molar-refractivity contribution is 8.00. The number of aromatic nitrogens is 5. The van der Waals surface area contributed by atoms with E-state index in [1.165, 1.54) is 5.56 Å². The summed E-state index contributed by atoms with van der Waals surface area (Å²) in [5, 5.41) is 19.3. The maximum absolute atomic E-state index is 5.28. The summed E-state index contributed by atoms with van der Waals surface area (Å²) in [6.07, 6.45) is 2.92. The number of rotatable bonds is 9. The van der Waals surface area contributed by atoms with Crippen LogP contribution in [-0.4, -0.2) is 38.3 Å². The molecule has 0 N–H and O–H groups in total. The van der Waals surface area contributed by atoms with E-state index in [4.69, 9.17) is 4.74 Å². The van der Waals surface area contributed by atoms with Crippen LogP contribution in [0.25, 0.3) is 11.4 Å². The van der Waals surface area contributed by atoms with Crippen molar-refractivity contribution in [2.45, 2.75) is 28.2 Å². The molecule has 6 nitrogen and oxygen atoms in total. The van der Waals surface area contributed by atoms with Gasteiger partial charge < -0.3 is 9.30 Å². The minimum absolute atomic E-state index is 0.726. The first-order valence-electron chi connectivity index (χ1n) is 9.37. The molecule has 0 radical (unpaired) electrons. The van der Waals surface area contributed by atoms with Crippen LogP contribution in [0, 0.1) is 0 Å². The van der Waals surface area contributed by atoms with Crippen molar-refractivity contribution in [3.05, 3.63) is 65.2 Å². The van der Waals surface area contributed by atoms with Gasteiger partial charge >= 0.3 is 0 Å². The fraction of sp³-hybridized carbons (Fsp3) is 0.238. The summed E-state index contributed by atoms with van der Waals surface area (Å²) in [6, 6.07) is 18.4. The van der Waals surface area contributed by atoms with Crippen molar-refractivity contribution in [3.63, 3.8) is 0 Å². The smallest absolute Gasteiger partial charge is 0.191 e. The van der Waals surface area contributed by atoms with Gasteiger partial charge in [0.15, 0.2) is 15.3 Å². The van der Waals surface area contributed by atoms with Crippen LogP contribution in [0.5, 0.6) is 5.75 Å². The number of hydrogen-bond donors (Lipinski definition) is 0. The highest BCUT2D eigenvalue weighted by Gasteiger charge is 2.16. The zero-order chi connectivity index (χ0) is 20.8. The second-order valence-corrected chi connectivity index (χ2v) is 9.43. The Hall–Kier alpha value is -2.36. The molecule has 0 atom stereocenters. The van der Waals surface area contributed by atoms with Crippen molar-refractivity contribution in [2.24, 2.45) is 0 Å². The molecule has 30 heavy (non-hydrogen) atoms. The molecule has 0 aliphatic rings. The molecule has 0 saturated carbocycles. The van der Waals surface area contributed by atoms with Crippen molar-refractivity contribution >= 4 is 34.9 Å². The fourth-order valence-corrected chi connectivity index (χ4v) is 5.21. The van der Waals surface area contributed by atoms with Crippen molar-refractivity contribution in [2.75, 3.05) is 13.4 Å². The molecule has 4 rings (SSSR count). The second-order valence-electron chi connectivity index (χ2n) is 6.38. The van der Waals surface area contributed by atoms with Gasteiger partial charge in [0.05, 0.1) is 12.9 Å². The van der Waals surface area contributed by atoms with Crippen LogP contribution in [0.3, 0.4) is 0 Å². The van der Waals surface area contributed by atoms with E-state index >= 15 is 0 Å². The molecule has 2 heterocycles. The normalized spacial score (nSPS) is 11.0. The van der Waals surface area contributed by atoms with Crippen molar-refractivity contribution in [1.29, 1.82) is 0 Å². The zero-order valence-corrected chi connectivity index (χ0v) is 19.1. The lowest BCUT2D eigenvalue weighted by atomic mass is 10.1. The Morgan fingerprint density at radius 1 is 0.967 bits per heavy atom. The lowest BCUT2D eigenvalue weighted by Gasteiger charge is -2.10. The van der Waals surface area contributed by atoms with Gasteiger partial charge in [-0.2, -0.15) is 0 Å². The molecule has 0 amide bonds. The molecule has 0 aliphatic carbocycles. The van der Waals surface area contributed by atoms with E-state index in [-0.39, 0.29) is 0 Å². The van der Waals surface area contributed by atoms with Gasteiger partial charge in [0.1, 0.15) is 10.8 Å². The van der Waals surface area contributed by atoms with E-state index in [1.807, 2.05) is 36.6 Å². The molecule has 154 valence electrons. The van der Waals surface area contributed by atoms with Crippen LogP contribution >= 0.6 is 34.9 Å². The number of thioether (sulfide) groups is 2. The van der Waals surface area contributed by atoms with Gasteiger partial charge in [-0.1, -0.05) is 65.2 Å². The Kier molecular flexibility index (Phi) is 7.03. The first-order valence-corrected chi connectivity index (χ1v) is 12.4. The third-order valence-corrected chi connectivity index (χ3v) is 7.54. The predicted octanol–water partition coefficient (Wildman–Crippen LogP) is 5.06. The quantitative estimate of drug-likeness (QED) is 0.327. The van der Waals surface area contributed by atoms with Crippen LogP contribution in [0.2, 0.25) is 0 Å². The van der Waals surface area contributed by atoms with Crippen molar-refractivity contribution in [3.8, 4) is 17.1 Å². The molecular formula is C21H21N5OS3. The highest BCUT2D eigenvalue weighted by atomic mass is 32.2. The molecule has 0 fully saturated rings. The molecule has 0 saturated heterocycles. The van der Waals surface area contributed by atoms with Gasteiger partial charge in [0, 0.05) is 12.1 Å². The van der Waals surface area contributed by atoms with Gasteiger partial charge in [0.25, 0.3) is 0 Å². The molecule has 0 spiro atoms. The Balaban J connectivity index is 1.58. The molecule has 0 aliphatic heterocycles. The summed E-state index contributed by atoms with van der Waals surface area (Å²) in [4.78, 5) is 0. The minimum atomic E-state index is 0.726. The van der Waals surface area contributed by atoms with Crippen molar-refractivity contribution in [1.82, 2.24) is 25.0 Å². The highest BCUT2D eigenvalue weighted by Crippen LogP contribution is 2.29.